The van der Waals surface area contributed by atoms with Crippen LogP contribution < -0.4 is 5.73 Å². The fourth-order valence-corrected chi connectivity index (χ4v) is 8.25. The Morgan fingerprint density at radius 2 is 1.32 bits per heavy atom. The molecular formula is C45H35NS. The van der Waals surface area contributed by atoms with Crippen molar-refractivity contribution in [2.75, 3.05) is 0 Å². The second-order valence-corrected chi connectivity index (χ2v) is 13.3. The highest BCUT2D eigenvalue weighted by Gasteiger charge is 2.16. The Bertz CT molecular complexity index is 2480. The van der Waals surface area contributed by atoms with Crippen LogP contribution in [0.4, 0.5) is 0 Å². The third-order valence-electron chi connectivity index (χ3n) is 9.39. The lowest BCUT2D eigenvalue weighted by Gasteiger charge is -2.16. The Labute approximate surface area is 279 Å². The Morgan fingerprint density at radius 3 is 2.13 bits per heavy atom. The van der Waals surface area contributed by atoms with Gasteiger partial charge in [-0.15, -0.1) is 11.3 Å². The van der Waals surface area contributed by atoms with Gasteiger partial charge in [0.1, 0.15) is 0 Å². The summed E-state index contributed by atoms with van der Waals surface area (Å²) in [6, 6.07) is 48.7. The Kier molecular flexibility index (Phi) is 7.53. The van der Waals surface area contributed by atoms with Crippen molar-refractivity contribution < 1.29 is 0 Å². The monoisotopic (exact) mass is 621 g/mol. The first kappa shape index (κ1) is 29.1. The second kappa shape index (κ2) is 12.1. The first-order valence-electron chi connectivity index (χ1n) is 16.2. The van der Waals surface area contributed by atoms with E-state index >= 15 is 0 Å². The van der Waals surface area contributed by atoms with Gasteiger partial charge in [-0.3, -0.25) is 0 Å². The molecule has 1 aromatic heterocycles. The van der Waals surface area contributed by atoms with E-state index in [2.05, 4.69) is 153 Å². The summed E-state index contributed by atoms with van der Waals surface area (Å²) in [7, 11) is 0. The van der Waals surface area contributed by atoms with Crippen molar-refractivity contribution in [3.63, 3.8) is 0 Å². The molecule has 0 saturated carbocycles. The zero-order valence-electron chi connectivity index (χ0n) is 26.4. The lowest BCUT2D eigenvalue weighted by atomic mass is 9.88. The molecule has 0 spiro atoms. The summed E-state index contributed by atoms with van der Waals surface area (Å²) < 4.78 is 1.28. The van der Waals surface area contributed by atoms with Crippen molar-refractivity contribution in [2.24, 2.45) is 5.73 Å². The van der Waals surface area contributed by atoms with Gasteiger partial charge in [0.05, 0.1) is 0 Å². The van der Waals surface area contributed by atoms with Crippen LogP contribution in [0.5, 0.6) is 0 Å². The van der Waals surface area contributed by atoms with Gasteiger partial charge in [-0.2, -0.15) is 0 Å². The van der Waals surface area contributed by atoms with E-state index < -0.39 is 0 Å². The number of fused-ring (bicyclic) bond motifs is 7. The summed E-state index contributed by atoms with van der Waals surface area (Å²) in [5, 5.41) is 8.94. The molecule has 0 aliphatic carbocycles. The highest BCUT2D eigenvalue weighted by Crippen LogP contribution is 2.43. The molecule has 8 rings (SSSR count). The van der Waals surface area contributed by atoms with Crippen LogP contribution in [0, 0.1) is 0 Å². The van der Waals surface area contributed by atoms with Gasteiger partial charge in [0.25, 0.3) is 0 Å². The van der Waals surface area contributed by atoms with Crippen molar-refractivity contribution in [1.29, 1.82) is 0 Å². The molecule has 1 unspecified atom stereocenters. The number of nitrogens with two attached hydrogens (primary N) is 1. The molecule has 1 atom stereocenters. The number of allylic oxidation sites excluding steroid dienone is 1. The summed E-state index contributed by atoms with van der Waals surface area (Å²) >= 11 is 1.81. The maximum Gasteiger partial charge on any atom is 0.0361 e. The van der Waals surface area contributed by atoms with Crippen LogP contribution in [0.3, 0.4) is 0 Å². The van der Waals surface area contributed by atoms with Crippen LogP contribution in [-0.4, -0.2) is 0 Å². The molecule has 0 amide bonds. The summed E-state index contributed by atoms with van der Waals surface area (Å²) in [6.07, 6.45) is 7.07. The molecular weight excluding hydrogens is 587 g/mol. The maximum atomic E-state index is 6.62. The first-order chi connectivity index (χ1) is 23.1. The molecule has 47 heavy (non-hydrogen) atoms. The summed E-state index contributed by atoms with van der Waals surface area (Å²) in [6.45, 7) is 6.15. The molecule has 0 bridgehead atoms. The number of benzene rings is 7. The lowest BCUT2D eigenvalue weighted by Crippen LogP contribution is -2.13. The molecule has 226 valence electrons. The van der Waals surface area contributed by atoms with Crippen LogP contribution in [0.2, 0.25) is 0 Å². The zero-order chi connectivity index (χ0) is 31.9. The highest BCUT2D eigenvalue weighted by molar-refractivity contribution is 7.20. The van der Waals surface area contributed by atoms with Crippen molar-refractivity contribution in [1.82, 2.24) is 0 Å². The fraction of sp³-hybridized carbons (Fsp3) is 0.0667. The van der Waals surface area contributed by atoms with E-state index in [9.17, 15) is 0 Å². The van der Waals surface area contributed by atoms with Crippen LogP contribution in [-0.2, 0) is 6.42 Å². The molecule has 2 N–H and O–H groups in total. The van der Waals surface area contributed by atoms with Crippen molar-refractivity contribution in [3.8, 4) is 22.3 Å². The standard InChI is InChI=1S/C45H35NS/c1-3-12-37-38-23-22-33(28-44(38)47-43(37)4-2)34-19-11-20-39-35-17-8-9-18-36(35)41-27-32(21-24-40(41)45(34)39)31-16-10-13-29(25-31)26-42(46)30-14-6-5-7-15-30/h3-25,27-28,42H,2,26,46H2,1H3/b12-3-. The number of hydrogen-bond donors (Lipinski definition) is 1. The van der Waals surface area contributed by atoms with Gasteiger partial charge < -0.3 is 5.73 Å². The Hall–Kier alpha value is -5.28. The Morgan fingerprint density at radius 1 is 0.638 bits per heavy atom. The predicted octanol–water partition coefficient (Wildman–Crippen LogP) is 12.6. The third-order valence-corrected chi connectivity index (χ3v) is 10.6. The second-order valence-electron chi connectivity index (χ2n) is 12.3. The molecule has 7 aromatic carbocycles. The highest BCUT2D eigenvalue weighted by atomic mass is 32.1. The average molecular weight is 622 g/mol. The predicted molar refractivity (Wildman–Crippen MR) is 207 cm³/mol. The minimum absolute atomic E-state index is 0.0387. The van der Waals surface area contributed by atoms with Gasteiger partial charge >= 0.3 is 0 Å². The molecule has 0 aliphatic rings. The minimum Gasteiger partial charge on any atom is -0.324 e. The van der Waals surface area contributed by atoms with Gasteiger partial charge in [0.15, 0.2) is 0 Å². The SMILES string of the molecule is C=Cc1sc2cc(-c3cccc4c5ccccc5c5cc(-c6cccc(CC(N)c7ccccc7)c6)ccc5c34)ccc2c1/C=C\C. The number of hydrogen-bond acceptors (Lipinski definition) is 2. The van der Waals surface area contributed by atoms with Gasteiger partial charge in [-0.25, -0.2) is 0 Å². The molecule has 2 heteroatoms. The Balaban J connectivity index is 1.29. The van der Waals surface area contributed by atoms with E-state index in [1.807, 2.05) is 23.5 Å². The van der Waals surface area contributed by atoms with E-state index in [0.29, 0.717) is 0 Å². The van der Waals surface area contributed by atoms with Gasteiger partial charge in [-0.05, 0) is 96.7 Å². The molecule has 0 fully saturated rings. The number of thiophene rings is 1. The van der Waals surface area contributed by atoms with Crippen LogP contribution in [0.1, 0.15) is 34.5 Å². The van der Waals surface area contributed by atoms with Crippen LogP contribution >= 0.6 is 11.3 Å². The molecule has 0 saturated heterocycles. The lowest BCUT2D eigenvalue weighted by molar-refractivity contribution is 0.722. The van der Waals surface area contributed by atoms with E-state index in [0.717, 1.165) is 12.0 Å². The normalized spacial score (nSPS) is 12.5. The molecule has 1 heterocycles. The van der Waals surface area contributed by atoms with E-state index in [1.165, 1.54) is 80.7 Å². The number of rotatable bonds is 7. The quantitative estimate of drug-likeness (QED) is 0.176. The maximum absolute atomic E-state index is 6.62. The largest absolute Gasteiger partial charge is 0.324 e. The van der Waals surface area contributed by atoms with Gasteiger partial charge in [0.2, 0.25) is 0 Å². The van der Waals surface area contributed by atoms with Crippen LogP contribution in [0.25, 0.3) is 76.8 Å². The first-order valence-corrected chi connectivity index (χ1v) is 17.0. The molecule has 0 radical (unpaired) electrons. The van der Waals surface area contributed by atoms with Crippen molar-refractivity contribution in [2.45, 2.75) is 19.4 Å². The summed E-state index contributed by atoms with van der Waals surface area (Å²) in [5.74, 6) is 0. The minimum atomic E-state index is -0.0387. The van der Waals surface area contributed by atoms with E-state index in [1.54, 1.807) is 0 Å². The van der Waals surface area contributed by atoms with Crippen molar-refractivity contribution >= 4 is 65.9 Å². The van der Waals surface area contributed by atoms with Crippen LogP contribution in [0.15, 0.2) is 146 Å². The van der Waals surface area contributed by atoms with E-state index in [-0.39, 0.29) is 6.04 Å². The summed E-state index contributed by atoms with van der Waals surface area (Å²) in [5.41, 5.74) is 15.2. The average Bonchev–Trinajstić information content (AvgIpc) is 3.48. The van der Waals surface area contributed by atoms with Crippen molar-refractivity contribution in [3.05, 3.63) is 168 Å². The van der Waals surface area contributed by atoms with Gasteiger partial charge in [-0.1, -0.05) is 146 Å². The summed E-state index contributed by atoms with van der Waals surface area (Å²) in [4.78, 5) is 1.21. The molecule has 0 aliphatic heterocycles. The van der Waals surface area contributed by atoms with Gasteiger partial charge in [0, 0.05) is 21.0 Å². The topological polar surface area (TPSA) is 26.0 Å². The third kappa shape index (κ3) is 5.16. The van der Waals surface area contributed by atoms with E-state index in [4.69, 9.17) is 5.73 Å². The molecule has 1 nitrogen and oxygen atoms in total. The fourth-order valence-electron chi connectivity index (χ4n) is 7.17. The smallest absolute Gasteiger partial charge is 0.0361 e. The molecule has 8 aromatic rings. The zero-order valence-corrected chi connectivity index (χ0v) is 27.2.